The zero-order chi connectivity index (χ0) is 12.4. The standard InChI is InChI=1S/C13H13O4/c1-15-9-6-4-5-8-10(16-2)7-11(17-3)13(14)12(8)9/h4-7H,1-3H3. The molecule has 89 valence electrons. The number of methoxy groups -OCH3 is 3. The lowest BCUT2D eigenvalue weighted by Gasteiger charge is -2.12. The van der Waals surface area contributed by atoms with Crippen molar-refractivity contribution in [2.45, 2.75) is 0 Å². The predicted molar refractivity (Wildman–Crippen MR) is 63.7 cm³/mol. The van der Waals surface area contributed by atoms with Crippen molar-refractivity contribution in [1.29, 1.82) is 0 Å². The Balaban J connectivity index is 2.89. The minimum absolute atomic E-state index is 0.194. The van der Waals surface area contributed by atoms with Gasteiger partial charge in [-0.3, -0.25) is 5.11 Å². The first-order valence-electron chi connectivity index (χ1n) is 5.11. The zero-order valence-electron chi connectivity index (χ0n) is 9.94. The Bertz CT molecular complexity index is 549. The van der Waals surface area contributed by atoms with Crippen LogP contribution in [0.3, 0.4) is 0 Å². The third-order valence-corrected chi connectivity index (χ3v) is 2.66. The van der Waals surface area contributed by atoms with Crippen LogP contribution in [0.5, 0.6) is 23.0 Å². The van der Waals surface area contributed by atoms with E-state index in [1.165, 1.54) is 14.2 Å². The summed E-state index contributed by atoms with van der Waals surface area (Å²) in [6, 6.07) is 6.96. The molecule has 0 saturated carbocycles. The number of benzene rings is 2. The molecule has 0 heterocycles. The van der Waals surface area contributed by atoms with Crippen molar-refractivity contribution in [3.8, 4) is 23.0 Å². The van der Waals surface area contributed by atoms with Crippen molar-refractivity contribution in [1.82, 2.24) is 0 Å². The molecule has 0 fully saturated rings. The summed E-state index contributed by atoms with van der Waals surface area (Å²) in [6.45, 7) is 0. The molecule has 0 N–H and O–H groups in total. The maximum atomic E-state index is 12.1. The molecule has 0 spiro atoms. The Hall–Kier alpha value is -2.10. The molecule has 0 saturated heterocycles. The molecule has 0 aliphatic heterocycles. The van der Waals surface area contributed by atoms with Gasteiger partial charge >= 0.3 is 0 Å². The average Bonchev–Trinajstić information content (AvgIpc) is 2.38. The van der Waals surface area contributed by atoms with Gasteiger partial charge in [0.25, 0.3) is 0 Å². The number of ether oxygens (including phenoxy) is 3. The van der Waals surface area contributed by atoms with Crippen molar-refractivity contribution in [2.24, 2.45) is 0 Å². The maximum Gasteiger partial charge on any atom is 0.232 e. The van der Waals surface area contributed by atoms with Gasteiger partial charge in [0.15, 0.2) is 5.75 Å². The molecule has 2 aromatic rings. The SMILES string of the molecule is COc1cc(OC)c2cccc(OC)c2c1[O]. The van der Waals surface area contributed by atoms with Crippen LogP contribution in [0.2, 0.25) is 0 Å². The number of fused-ring (bicyclic) bond motifs is 1. The first-order valence-corrected chi connectivity index (χ1v) is 5.11. The number of hydrogen-bond acceptors (Lipinski definition) is 3. The largest absolute Gasteiger partial charge is 0.496 e. The fraction of sp³-hybridized carbons (Fsp3) is 0.231. The molecule has 0 unspecified atom stereocenters. The first kappa shape index (κ1) is 11.4. The van der Waals surface area contributed by atoms with Gasteiger partial charge in [-0.2, -0.15) is 0 Å². The van der Waals surface area contributed by atoms with Crippen molar-refractivity contribution in [2.75, 3.05) is 21.3 Å². The quantitative estimate of drug-likeness (QED) is 0.818. The highest BCUT2D eigenvalue weighted by Gasteiger charge is 2.17. The van der Waals surface area contributed by atoms with Crippen LogP contribution in [0.15, 0.2) is 24.3 Å². The van der Waals surface area contributed by atoms with E-state index in [0.29, 0.717) is 16.9 Å². The van der Waals surface area contributed by atoms with E-state index in [4.69, 9.17) is 14.2 Å². The molecule has 4 heteroatoms. The van der Waals surface area contributed by atoms with Crippen molar-refractivity contribution in [3.05, 3.63) is 24.3 Å². The molecule has 0 amide bonds. The summed E-state index contributed by atoms with van der Waals surface area (Å²) in [7, 11) is 4.54. The Morgan fingerprint density at radius 3 is 2.12 bits per heavy atom. The summed E-state index contributed by atoms with van der Waals surface area (Å²) in [4.78, 5) is 0. The lowest BCUT2D eigenvalue weighted by atomic mass is 10.1. The normalized spacial score (nSPS) is 10.3. The van der Waals surface area contributed by atoms with Crippen LogP contribution in [-0.2, 0) is 5.11 Å². The Kier molecular flexibility index (Phi) is 2.95. The van der Waals surface area contributed by atoms with Gasteiger partial charge < -0.3 is 14.2 Å². The molecule has 0 aliphatic carbocycles. The lowest BCUT2D eigenvalue weighted by molar-refractivity contribution is 0.316. The summed E-state index contributed by atoms with van der Waals surface area (Å²) in [5.74, 6) is 1.17. The maximum absolute atomic E-state index is 12.1. The topological polar surface area (TPSA) is 47.6 Å². The van der Waals surface area contributed by atoms with Crippen molar-refractivity contribution in [3.63, 3.8) is 0 Å². The number of hydrogen-bond donors (Lipinski definition) is 0. The van der Waals surface area contributed by atoms with E-state index < -0.39 is 0 Å². The lowest BCUT2D eigenvalue weighted by Crippen LogP contribution is -1.92. The molecule has 0 bridgehead atoms. The molecule has 1 radical (unpaired) electrons. The minimum atomic E-state index is -0.194. The highest BCUT2D eigenvalue weighted by Crippen LogP contribution is 2.44. The van der Waals surface area contributed by atoms with Crippen LogP contribution >= 0.6 is 0 Å². The molecule has 4 nitrogen and oxygen atoms in total. The van der Waals surface area contributed by atoms with Gasteiger partial charge in [0.2, 0.25) is 5.75 Å². The van der Waals surface area contributed by atoms with Crippen LogP contribution in [0, 0.1) is 0 Å². The zero-order valence-corrected chi connectivity index (χ0v) is 9.94. The van der Waals surface area contributed by atoms with Crippen LogP contribution in [0.25, 0.3) is 10.8 Å². The third-order valence-electron chi connectivity index (χ3n) is 2.66. The monoisotopic (exact) mass is 233 g/mol. The predicted octanol–water partition coefficient (Wildman–Crippen LogP) is 3.01. The molecule has 2 rings (SSSR count). The summed E-state index contributed by atoms with van der Waals surface area (Å²) in [6.07, 6.45) is 0. The van der Waals surface area contributed by atoms with E-state index in [-0.39, 0.29) is 11.5 Å². The summed E-state index contributed by atoms with van der Waals surface area (Å²) >= 11 is 0. The van der Waals surface area contributed by atoms with Gasteiger partial charge in [-0.1, -0.05) is 12.1 Å². The van der Waals surface area contributed by atoms with Crippen LogP contribution in [0.1, 0.15) is 0 Å². The van der Waals surface area contributed by atoms with Gasteiger partial charge in [0.1, 0.15) is 11.5 Å². The second-order valence-electron chi connectivity index (χ2n) is 3.49. The summed E-state index contributed by atoms with van der Waals surface area (Å²) < 4.78 is 15.5. The van der Waals surface area contributed by atoms with Gasteiger partial charge in [-0.05, 0) is 6.07 Å². The second kappa shape index (κ2) is 4.41. The smallest absolute Gasteiger partial charge is 0.232 e. The van der Waals surface area contributed by atoms with E-state index in [2.05, 4.69) is 0 Å². The molecule has 0 aliphatic rings. The summed E-state index contributed by atoms with van der Waals surface area (Å²) in [5.41, 5.74) is 0. The van der Waals surface area contributed by atoms with Crippen molar-refractivity contribution < 1.29 is 19.3 Å². The Morgan fingerprint density at radius 2 is 1.53 bits per heavy atom. The van der Waals surface area contributed by atoms with E-state index in [9.17, 15) is 5.11 Å². The highest BCUT2D eigenvalue weighted by molar-refractivity contribution is 5.99. The van der Waals surface area contributed by atoms with Crippen LogP contribution in [-0.4, -0.2) is 21.3 Å². The van der Waals surface area contributed by atoms with E-state index in [1.54, 1.807) is 19.2 Å². The van der Waals surface area contributed by atoms with Crippen molar-refractivity contribution >= 4 is 10.8 Å². The fourth-order valence-electron chi connectivity index (χ4n) is 1.85. The van der Waals surface area contributed by atoms with Gasteiger partial charge in [0, 0.05) is 11.5 Å². The molecule has 2 aromatic carbocycles. The van der Waals surface area contributed by atoms with E-state index in [1.807, 2.05) is 12.1 Å². The average molecular weight is 233 g/mol. The van der Waals surface area contributed by atoms with Gasteiger partial charge in [-0.15, -0.1) is 0 Å². The highest BCUT2D eigenvalue weighted by atomic mass is 16.5. The molecule has 0 aromatic heterocycles. The second-order valence-corrected chi connectivity index (χ2v) is 3.49. The fourth-order valence-corrected chi connectivity index (χ4v) is 1.85. The van der Waals surface area contributed by atoms with Gasteiger partial charge in [0.05, 0.1) is 26.7 Å². The molecular weight excluding hydrogens is 220 g/mol. The van der Waals surface area contributed by atoms with Crippen LogP contribution in [0.4, 0.5) is 0 Å². The molecular formula is C13H13O4. The third kappa shape index (κ3) is 1.71. The van der Waals surface area contributed by atoms with Gasteiger partial charge in [-0.25, -0.2) is 0 Å². The molecule has 0 atom stereocenters. The molecule has 17 heavy (non-hydrogen) atoms. The van der Waals surface area contributed by atoms with E-state index in [0.717, 1.165) is 5.39 Å². The van der Waals surface area contributed by atoms with E-state index >= 15 is 0 Å². The Morgan fingerprint density at radius 1 is 0.882 bits per heavy atom. The number of rotatable bonds is 3. The van der Waals surface area contributed by atoms with Crippen LogP contribution < -0.4 is 14.2 Å². The minimum Gasteiger partial charge on any atom is -0.496 e. The summed E-state index contributed by atoms with van der Waals surface area (Å²) in [5, 5.41) is 13.3. The Labute approximate surface area is 99.3 Å². The first-order chi connectivity index (χ1) is 8.22.